The van der Waals surface area contributed by atoms with Crippen LogP contribution in [0.1, 0.15) is 10.4 Å². The summed E-state index contributed by atoms with van der Waals surface area (Å²) in [5.74, 6) is -3.99. The third-order valence-electron chi connectivity index (χ3n) is 3.89. The third kappa shape index (κ3) is 3.61. The van der Waals surface area contributed by atoms with Crippen LogP contribution >= 0.6 is 11.6 Å². The molecule has 3 rings (SSSR count). The molecule has 0 radical (unpaired) electrons. The zero-order valence-electron chi connectivity index (χ0n) is 12.7. The predicted octanol–water partition coefficient (Wildman–Crippen LogP) is 3.47. The van der Waals surface area contributed by atoms with Gasteiger partial charge in [0.15, 0.2) is 11.6 Å². The minimum Gasteiger partial charge on any atom is -0.337 e. The van der Waals surface area contributed by atoms with Gasteiger partial charge in [-0.05, 0) is 36.4 Å². The van der Waals surface area contributed by atoms with E-state index < -0.39 is 29.3 Å². The van der Waals surface area contributed by atoms with Gasteiger partial charge >= 0.3 is 0 Å². The summed E-state index contributed by atoms with van der Waals surface area (Å²) in [4.78, 5) is 25.6. The molecule has 0 aliphatic carbocycles. The molecule has 1 saturated heterocycles. The van der Waals surface area contributed by atoms with E-state index in [-0.39, 0.29) is 29.6 Å². The van der Waals surface area contributed by atoms with Crippen LogP contribution in [0, 0.1) is 23.4 Å². The van der Waals surface area contributed by atoms with Crippen molar-refractivity contribution in [2.24, 2.45) is 5.92 Å². The number of carbonyl (C=O) groups is 2. The van der Waals surface area contributed by atoms with Crippen molar-refractivity contribution >= 4 is 29.1 Å². The standard InChI is InChI=1S/C17H12ClF3N2O2/c18-12-6-11(2-4-13(12)19)22-16(24)10-7-23(8-10)17(25)9-1-3-14(20)15(21)5-9/h1-6,10H,7-8H2,(H,22,24). The van der Waals surface area contributed by atoms with E-state index in [9.17, 15) is 22.8 Å². The number of amides is 2. The highest BCUT2D eigenvalue weighted by molar-refractivity contribution is 6.31. The molecule has 0 unspecified atom stereocenters. The Balaban J connectivity index is 1.57. The molecule has 0 spiro atoms. The Labute approximate surface area is 146 Å². The van der Waals surface area contributed by atoms with Gasteiger partial charge in [0.05, 0.1) is 10.9 Å². The topological polar surface area (TPSA) is 49.4 Å². The van der Waals surface area contributed by atoms with Crippen LogP contribution in [0.4, 0.5) is 18.9 Å². The van der Waals surface area contributed by atoms with E-state index in [1.807, 2.05) is 0 Å². The van der Waals surface area contributed by atoms with Crippen LogP contribution in [0.25, 0.3) is 0 Å². The molecule has 130 valence electrons. The van der Waals surface area contributed by atoms with Gasteiger partial charge in [-0.3, -0.25) is 9.59 Å². The van der Waals surface area contributed by atoms with Crippen molar-refractivity contribution < 1.29 is 22.8 Å². The first kappa shape index (κ1) is 17.3. The summed E-state index contributed by atoms with van der Waals surface area (Å²) in [6.07, 6.45) is 0. The van der Waals surface area contributed by atoms with Crippen molar-refractivity contribution in [3.8, 4) is 0 Å². The molecule has 25 heavy (non-hydrogen) atoms. The summed E-state index contributed by atoms with van der Waals surface area (Å²) in [5.41, 5.74) is 0.366. The monoisotopic (exact) mass is 368 g/mol. The second-order valence-electron chi connectivity index (χ2n) is 5.65. The number of likely N-dealkylation sites (tertiary alicyclic amines) is 1. The number of anilines is 1. The number of carbonyl (C=O) groups excluding carboxylic acids is 2. The number of halogens is 4. The molecule has 2 aromatic carbocycles. The van der Waals surface area contributed by atoms with Crippen LogP contribution in [0.15, 0.2) is 36.4 Å². The van der Waals surface area contributed by atoms with Gasteiger partial charge < -0.3 is 10.2 Å². The minimum atomic E-state index is -1.10. The fourth-order valence-corrected chi connectivity index (χ4v) is 2.62. The first-order valence-corrected chi connectivity index (χ1v) is 7.73. The van der Waals surface area contributed by atoms with Gasteiger partial charge in [-0.2, -0.15) is 0 Å². The van der Waals surface area contributed by atoms with Crippen LogP contribution < -0.4 is 5.32 Å². The molecule has 2 aromatic rings. The summed E-state index contributed by atoms with van der Waals surface area (Å²) in [6, 6.07) is 6.70. The summed E-state index contributed by atoms with van der Waals surface area (Å²) in [5, 5.41) is 2.48. The van der Waals surface area contributed by atoms with Gasteiger partial charge in [-0.1, -0.05) is 11.6 Å². The van der Waals surface area contributed by atoms with Crippen LogP contribution in [0.5, 0.6) is 0 Å². The maximum absolute atomic E-state index is 13.2. The fourth-order valence-electron chi connectivity index (χ4n) is 2.44. The van der Waals surface area contributed by atoms with Gasteiger partial charge in [-0.25, -0.2) is 13.2 Å². The molecule has 1 heterocycles. The number of nitrogens with one attached hydrogen (secondary N) is 1. The number of hydrogen-bond acceptors (Lipinski definition) is 2. The average Bonchev–Trinajstić information content (AvgIpc) is 2.52. The highest BCUT2D eigenvalue weighted by atomic mass is 35.5. The van der Waals surface area contributed by atoms with Crippen molar-refractivity contribution in [3.05, 3.63) is 64.4 Å². The Morgan fingerprint density at radius 3 is 2.32 bits per heavy atom. The number of nitrogens with zero attached hydrogens (tertiary/aromatic N) is 1. The summed E-state index contributed by atoms with van der Waals surface area (Å²) < 4.78 is 39.2. The van der Waals surface area contributed by atoms with Crippen LogP contribution in [0.2, 0.25) is 5.02 Å². The van der Waals surface area contributed by atoms with Crippen molar-refractivity contribution in [1.29, 1.82) is 0 Å². The van der Waals surface area contributed by atoms with Gasteiger partial charge in [0.1, 0.15) is 5.82 Å². The molecular formula is C17H12ClF3N2O2. The highest BCUT2D eigenvalue weighted by Gasteiger charge is 2.36. The molecule has 0 saturated carbocycles. The first-order valence-electron chi connectivity index (χ1n) is 7.35. The predicted molar refractivity (Wildman–Crippen MR) is 85.8 cm³/mol. The first-order chi connectivity index (χ1) is 11.8. The molecule has 4 nitrogen and oxygen atoms in total. The van der Waals surface area contributed by atoms with E-state index >= 15 is 0 Å². The number of rotatable bonds is 3. The van der Waals surface area contributed by atoms with Gasteiger partial charge in [-0.15, -0.1) is 0 Å². The smallest absolute Gasteiger partial charge is 0.254 e. The maximum atomic E-state index is 13.2. The Morgan fingerprint density at radius 1 is 1.00 bits per heavy atom. The van der Waals surface area contributed by atoms with Crippen LogP contribution in [-0.2, 0) is 4.79 Å². The Kier molecular flexibility index (Phi) is 4.67. The van der Waals surface area contributed by atoms with E-state index in [0.717, 1.165) is 18.2 Å². The largest absolute Gasteiger partial charge is 0.337 e. The molecule has 0 atom stereocenters. The van der Waals surface area contributed by atoms with E-state index in [1.54, 1.807) is 0 Å². The molecule has 8 heteroatoms. The number of benzene rings is 2. The molecular weight excluding hydrogens is 357 g/mol. The zero-order valence-corrected chi connectivity index (χ0v) is 13.5. The third-order valence-corrected chi connectivity index (χ3v) is 4.18. The Bertz CT molecular complexity index is 854. The summed E-state index contributed by atoms with van der Waals surface area (Å²) in [7, 11) is 0. The van der Waals surface area contributed by atoms with Crippen molar-refractivity contribution in [1.82, 2.24) is 4.90 Å². The summed E-state index contributed by atoms with van der Waals surface area (Å²) >= 11 is 5.64. The molecule has 1 N–H and O–H groups in total. The number of hydrogen-bond donors (Lipinski definition) is 1. The van der Waals surface area contributed by atoms with Crippen LogP contribution in [-0.4, -0.2) is 29.8 Å². The van der Waals surface area contributed by atoms with Gasteiger partial charge in [0, 0.05) is 24.3 Å². The zero-order chi connectivity index (χ0) is 18.1. The molecule has 1 fully saturated rings. The van der Waals surface area contributed by atoms with Gasteiger partial charge in [0.25, 0.3) is 5.91 Å². The normalized spacial score (nSPS) is 14.2. The van der Waals surface area contributed by atoms with Gasteiger partial charge in [0.2, 0.25) is 5.91 Å². The molecule has 0 bridgehead atoms. The second-order valence-corrected chi connectivity index (χ2v) is 6.06. The molecule has 2 amide bonds. The lowest BCUT2D eigenvalue weighted by Gasteiger charge is -2.38. The van der Waals surface area contributed by atoms with Crippen LogP contribution in [0.3, 0.4) is 0 Å². The van der Waals surface area contributed by atoms with E-state index in [1.165, 1.54) is 23.1 Å². The van der Waals surface area contributed by atoms with Crippen molar-refractivity contribution in [2.45, 2.75) is 0 Å². The average molecular weight is 369 g/mol. The van der Waals surface area contributed by atoms with Crippen molar-refractivity contribution in [2.75, 3.05) is 18.4 Å². The molecule has 1 aliphatic rings. The lowest BCUT2D eigenvalue weighted by atomic mass is 9.97. The molecule has 1 aliphatic heterocycles. The molecule has 0 aromatic heterocycles. The summed E-state index contributed by atoms with van der Waals surface area (Å²) in [6.45, 7) is 0.303. The lowest BCUT2D eigenvalue weighted by Crippen LogP contribution is -2.54. The maximum Gasteiger partial charge on any atom is 0.254 e. The Hall–Kier alpha value is -2.54. The van der Waals surface area contributed by atoms with E-state index in [2.05, 4.69) is 5.32 Å². The minimum absolute atomic E-state index is 0.0167. The Morgan fingerprint density at radius 2 is 1.68 bits per heavy atom. The fraction of sp³-hybridized carbons (Fsp3) is 0.176. The highest BCUT2D eigenvalue weighted by Crippen LogP contribution is 2.23. The second kappa shape index (κ2) is 6.76. The quantitative estimate of drug-likeness (QED) is 0.902. The van der Waals surface area contributed by atoms with E-state index in [4.69, 9.17) is 11.6 Å². The lowest BCUT2D eigenvalue weighted by molar-refractivity contribution is -0.123. The SMILES string of the molecule is O=C(Nc1ccc(F)c(Cl)c1)C1CN(C(=O)c2ccc(F)c(F)c2)C1. The van der Waals surface area contributed by atoms with Crippen molar-refractivity contribution in [3.63, 3.8) is 0 Å². The van der Waals surface area contributed by atoms with E-state index in [0.29, 0.717) is 5.69 Å².